The van der Waals surface area contributed by atoms with Gasteiger partial charge in [-0.1, -0.05) is 12.1 Å². The summed E-state index contributed by atoms with van der Waals surface area (Å²) in [4.78, 5) is 7.93. The summed E-state index contributed by atoms with van der Waals surface area (Å²) in [6.07, 6.45) is 1.17. The van der Waals surface area contributed by atoms with Crippen LogP contribution in [0.2, 0.25) is 0 Å². The van der Waals surface area contributed by atoms with Gasteiger partial charge < -0.3 is 15.5 Å². The molecule has 160 valence electrons. The van der Waals surface area contributed by atoms with Gasteiger partial charge in [-0.15, -0.1) is 11.3 Å². The number of hydrogen-bond acceptors (Lipinski definition) is 5. The molecular formula is C20H29FN4O2S2. The molecule has 1 heterocycles. The third-order valence-corrected chi connectivity index (χ3v) is 6.10. The minimum Gasteiger partial charge on any atom is -0.357 e. The van der Waals surface area contributed by atoms with Crippen LogP contribution in [0.4, 0.5) is 4.39 Å². The molecule has 2 N–H and O–H groups in total. The number of hydrogen-bond donors (Lipinski definition) is 2. The van der Waals surface area contributed by atoms with E-state index in [1.807, 2.05) is 27.1 Å². The first-order valence-electron chi connectivity index (χ1n) is 9.36. The van der Waals surface area contributed by atoms with Gasteiger partial charge in [-0.25, -0.2) is 17.8 Å². The summed E-state index contributed by atoms with van der Waals surface area (Å²) in [7, 11) is 0.832. The summed E-state index contributed by atoms with van der Waals surface area (Å²) in [6, 6.07) is 8.46. The van der Waals surface area contributed by atoms with E-state index in [0.717, 1.165) is 0 Å². The number of sulfone groups is 1. The van der Waals surface area contributed by atoms with Crippen molar-refractivity contribution in [1.29, 1.82) is 0 Å². The molecule has 1 aromatic carbocycles. The summed E-state index contributed by atoms with van der Waals surface area (Å²) in [5.74, 6) is 0.0599. The van der Waals surface area contributed by atoms with Crippen molar-refractivity contribution in [2.45, 2.75) is 25.3 Å². The van der Waals surface area contributed by atoms with Crippen molar-refractivity contribution in [2.24, 2.45) is 4.99 Å². The minimum absolute atomic E-state index is 0.136. The largest absolute Gasteiger partial charge is 0.357 e. The number of rotatable bonds is 9. The van der Waals surface area contributed by atoms with Crippen molar-refractivity contribution in [1.82, 2.24) is 15.5 Å². The topological polar surface area (TPSA) is 73.8 Å². The fourth-order valence-electron chi connectivity index (χ4n) is 2.88. The summed E-state index contributed by atoms with van der Waals surface area (Å²) in [5, 5.41) is 8.58. The van der Waals surface area contributed by atoms with Gasteiger partial charge in [-0.05, 0) is 55.7 Å². The highest BCUT2D eigenvalue weighted by molar-refractivity contribution is 7.89. The standard InChI is InChI=1S/C20H29FN4O2S2/c1-5-22-20(24-13-18(25(2)3)19-7-6-10-28-19)23-12-16-11-17(21)9-8-15(16)14-29(4,26)27/h6-11,18H,5,12-14H2,1-4H3,(H2,22,23,24). The smallest absolute Gasteiger partial charge is 0.191 e. The van der Waals surface area contributed by atoms with E-state index in [0.29, 0.717) is 30.2 Å². The van der Waals surface area contributed by atoms with Gasteiger partial charge in [-0.3, -0.25) is 0 Å². The average Bonchev–Trinajstić information content (AvgIpc) is 3.14. The maximum absolute atomic E-state index is 13.7. The molecule has 2 aromatic rings. The van der Waals surface area contributed by atoms with E-state index in [1.165, 1.54) is 29.3 Å². The predicted octanol–water partition coefficient (Wildman–Crippen LogP) is 2.79. The Labute approximate surface area is 176 Å². The van der Waals surface area contributed by atoms with Gasteiger partial charge in [-0.2, -0.15) is 0 Å². The van der Waals surface area contributed by atoms with Gasteiger partial charge in [0.2, 0.25) is 0 Å². The molecule has 2 rings (SSSR count). The van der Waals surface area contributed by atoms with E-state index in [-0.39, 0.29) is 18.3 Å². The molecular weight excluding hydrogens is 411 g/mol. The fraction of sp³-hybridized carbons (Fsp3) is 0.450. The minimum atomic E-state index is -3.22. The zero-order valence-corrected chi connectivity index (χ0v) is 18.9. The maximum atomic E-state index is 13.7. The van der Waals surface area contributed by atoms with E-state index in [4.69, 9.17) is 0 Å². The van der Waals surface area contributed by atoms with E-state index >= 15 is 0 Å². The first kappa shape index (κ1) is 23.3. The highest BCUT2D eigenvalue weighted by atomic mass is 32.2. The molecule has 6 nitrogen and oxygen atoms in total. The maximum Gasteiger partial charge on any atom is 0.191 e. The molecule has 0 aliphatic rings. The highest BCUT2D eigenvalue weighted by Gasteiger charge is 2.16. The van der Waals surface area contributed by atoms with Crippen LogP contribution in [0.1, 0.15) is 29.0 Å². The molecule has 0 saturated heterocycles. The van der Waals surface area contributed by atoms with Crippen LogP contribution >= 0.6 is 11.3 Å². The van der Waals surface area contributed by atoms with Crippen LogP contribution in [0.15, 0.2) is 40.7 Å². The number of aliphatic imine (C=N–C) groups is 1. The van der Waals surface area contributed by atoms with Gasteiger partial charge in [0.05, 0.1) is 18.3 Å². The quantitative estimate of drug-likeness (QED) is 0.463. The lowest BCUT2D eigenvalue weighted by molar-refractivity contribution is 0.302. The molecule has 0 saturated carbocycles. The van der Waals surface area contributed by atoms with E-state index < -0.39 is 15.7 Å². The number of guanidine groups is 1. The lowest BCUT2D eigenvalue weighted by atomic mass is 10.1. The number of thiophene rings is 1. The first-order valence-corrected chi connectivity index (χ1v) is 12.3. The Bertz CT molecular complexity index is 913. The van der Waals surface area contributed by atoms with Gasteiger partial charge in [0.15, 0.2) is 15.8 Å². The Morgan fingerprint density at radius 3 is 2.59 bits per heavy atom. The first-order chi connectivity index (χ1) is 13.7. The molecule has 0 radical (unpaired) electrons. The Kier molecular flexibility index (Phi) is 8.60. The monoisotopic (exact) mass is 440 g/mol. The third kappa shape index (κ3) is 7.75. The molecule has 0 spiro atoms. The molecule has 0 fully saturated rings. The summed E-state index contributed by atoms with van der Waals surface area (Å²) < 4.78 is 37.1. The molecule has 9 heteroatoms. The number of nitrogens with one attached hydrogen (secondary N) is 2. The van der Waals surface area contributed by atoms with Gasteiger partial charge in [0.1, 0.15) is 5.82 Å². The fourth-order valence-corrected chi connectivity index (χ4v) is 4.65. The van der Waals surface area contributed by atoms with Crippen molar-refractivity contribution < 1.29 is 12.8 Å². The Balaban J connectivity index is 2.16. The molecule has 1 atom stereocenters. The van der Waals surface area contributed by atoms with Crippen LogP contribution in [-0.2, 0) is 22.1 Å². The number of benzene rings is 1. The Hall–Kier alpha value is -1.97. The number of nitrogens with zero attached hydrogens (tertiary/aromatic N) is 2. The molecule has 0 amide bonds. The summed E-state index contributed by atoms with van der Waals surface area (Å²) >= 11 is 1.70. The number of halogens is 1. The van der Waals surface area contributed by atoms with Crippen molar-refractivity contribution in [3.63, 3.8) is 0 Å². The van der Waals surface area contributed by atoms with Crippen LogP contribution in [0.5, 0.6) is 0 Å². The average molecular weight is 441 g/mol. The van der Waals surface area contributed by atoms with Gasteiger partial charge in [0, 0.05) is 24.2 Å². The lowest BCUT2D eigenvalue weighted by Crippen LogP contribution is -2.41. The normalized spacial score (nSPS) is 13.5. The molecule has 0 aliphatic heterocycles. The van der Waals surface area contributed by atoms with Crippen LogP contribution < -0.4 is 10.6 Å². The van der Waals surface area contributed by atoms with Gasteiger partial charge in [0.25, 0.3) is 0 Å². The molecule has 1 unspecified atom stereocenters. The molecule has 29 heavy (non-hydrogen) atoms. The highest BCUT2D eigenvalue weighted by Crippen LogP contribution is 2.22. The van der Waals surface area contributed by atoms with E-state index in [1.54, 1.807) is 11.3 Å². The van der Waals surface area contributed by atoms with Crippen molar-refractivity contribution >= 4 is 27.1 Å². The zero-order chi connectivity index (χ0) is 21.4. The molecule has 1 aromatic heterocycles. The third-order valence-electron chi connectivity index (χ3n) is 4.30. The second-order valence-electron chi connectivity index (χ2n) is 7.05. The van der Waals surface area contributed by atoms with E-state index in [2.05, 4.69) is 32.0 Å². The van der Waals surface area contributed by atoms with Crippen molar-refractivity contribution in [3.8, 4) is 0 Å². The van der Waals surface area contributed by atoms with Crippen LogP contribution in [0, 0.1) is 5.82 Å². The van der Waals surface area contributed by atoms with Gasteiger partial charge >= 0.3 is 0 Å². The Morgan fingerprint density at radius 2 is 2.00 bits per heavy atom. The van der Waals surface area contributed by atoms with E-state index in [9.17, 15) is 12.8 Å². The lowest BCUT2D eigenvalue weighted by Gasteiger charge is -2.24. The SMILES string of the molecule is CCNC(=NCc1cc(F)ccc1CS(C)(=O)=O)NCC(c1cccs1)N(C)C. The summed E-state index contributed by atoms with van der Waals surface area (Å²) in [5.41, 5.74) is 1.13. The van der Waals surface area contributed by atoms with Crippen molar-refractivity contribution in [3.05, 3.63) is 57.5 Å². The molecule has 0 bridgehead atoms. The van der Waals surface area contributed by atoms with Crippen LogP contribution in [0.25, 0.3) is 0 Å². The summed E-state index contributed by atoms with van der Waals surface area (Å²) in [6.45, 7) is 3.48. The zero-order valence-electron chi connectivity index (χ0n) is 17.3. The second-order valence-corrected chi connectivity index (χ2v) is 10.2. The van der Waals surface area contributed by atoms with Crippen LogP contribution in [0.3, 0.4) is 0 Å². The van der Waals surface area contributed by atoms with Crippen molar-refractivity contribution in [2.75, 3.05) is 33.4 Å². The Morgan fingerprint density at radius 1 is 1.24 bits per heavy atom. The predicted molar refractivity (Wildman–Crippen MR) is 119 cm³/mol. The number of likely N-dealkylation sites (N-methyl/N-ethyl adjacent to an activating group) is 1. The molecule has 0 aliphatic carbocycles. The van der Waals surface area contributed by atoms with Crippen LogP contribution in [-0.4, -0.2) is 52.7 Å². The second kappa shape index (κ2) is 10.7.